The number of nitrogens with one attached hydrogen (secondary N) is 1. The molecule has 0 saturated heterocycles. The third-order valence-electron chi connectivity index (χ3n) is 6.20. The van der Waals surface area contributed by atoms with Crippen LogP contribution in [0, 0.1) is 11.3 Å². The number of ether oxygens (including phenoxy) is 1. The number of aromatic nitrogens is 3. The summed E-state index contributed by atoms with van der Waals surface area (Å²) in [4.78, 5) is 22.3. The van der Waals surface area contributed by atoms with E-state index in [0.717, 1.165) is 22.2 Å². The fourth-order valence-corrected chi connectivity index (χ4v) is 4.44. The topological polar surface area (TPSA) is 119 Å². The lowest BCUT2D eigenvalue weighted by molar-refractivity contribution is 0.415. The molecule has 0 aliphatic rings. The maximum absolute atomic E-state index is 14.2. The number of hydrogen-bond donors (Lipinski definition) is 2. The molecule has 1 atom stereocenters. The van der Waals surface area contributed by atoms with Crippen molar-refractivity contribution in [1.29, 1.82) is 5.26 Å². The lowest BCUT2D eigenvalue weighted by Gasteiger charge is -2.22. The van der Waals surface area contributed by atoms with Gasteiger partial charge in [0.05, 0.1) is 24.7 Å². The Hall–Kier alpha value is -5.16. The largest absolute Gasteiger partial charge is 0.497 e. The van der Waals surface area contributed by atoms with Crippen LogP contribution < -0.4 is 21.3 Å². The molecular weight excluding hydrogens is 464 g/mol. The zero-order valence-corrected chi connectivity index (χ0v) is 20.3. The molecule has 0 spiro atoms. The summed E-state index contributed by atoms with van der Waals surface area (Å²) in [6, 6.07) is 26.6. The predicted molar refractivity (Wildman–Crippen MR) is 145 cm³/mol. The molecule has 182 valence electrons. The van der Waals surface area contributed by atoms with Gasteiger partial charge in [-0.15, -0.1) is 0 Å². The highest BCUT2D eigenvalue weighted by molar-refractivity contribution is 5.96. The van der Waals surface area contributed by atoms with Crippen molar-refractivity contribution in [2.75, 3.05) is 18.2 Å². The van der Waals surface area contributed by atoms with Gasteiger partial charge >= 0.3 is 0 Å². The number of anilines is 2. The number of pyridine rings is 1. The second-order valence-corrected chi connectivity index (χ2v) is 8.52. The van der Waals surface area contributed by atoms with Crippen LogP contribution in [0.5, 0.6) is 5.75 Å². The number of benzene rings is 3. The van der Waals surface area contributed by atoms with E-state index >= 15 is 0 Å². The fraction of sp³-hybridized carbons (Fsp3) is 0.103. The zero-order valence-electron chi connectivity index (χ0n) is 20.3. The summed E-state index contributed by atoms with van der Waals surface area (Å²) in [7, 11) is 1.62. The summed E-state index contributed by atoms with van der Waals surface area (Å²) >= 11 is 0. The highest BCUT2D eigenvalue weighted by atomic mass is 16.5. The minimum atomic E-state index is -0.404. The van der Waals surface area contributed by atoms with Crippen LogP contribution >= 0.6 is 0 Å². The Balaban J connectivity index is 1.74. The highest BCUT2D eigenvalue weighted by Gasteiger charge is 2.20. The van der Waals surface area contributed by atoms with E-state index in [4.69, 9.17) is 10.5 Å². The maximum Gasteiger partial charge on any atom is 0.263 e. The van der Waals surface area contributed by atoms with Crippen molar-refractivity contribution in [1.82, 2.24) is 14.5 Å². The van der Waals surface area contributed by atoms with Gasteiger partial charge in [0.1, 0.15) is 23.2 Å². The predicted octanol–water partition coefficient (Wildman–Crippen LogP) is 5.08. The minimum absolute atomic E-state index is 0.0515. The van der Waals surface area contributed by atoms with E-state index in [1.807, 2.05) is 85.8 Å². The average molecular weight is 489 g/mol. The number of nitriles is 1. The molecule has 0 radical (unpaired) electrons. The van der Waals surface area contributed by atoms with Crippen molar-refractivity contribution in [3.63, 3.8) is 0 Å². The van der Waals surface area contributed by atoms with Crippen LogP contribution in [0.2, 0.25) is 0 Å². The number of nitrogens with zero attached hydrogens (tertiary/aromatic N) is 4. The number of methoxy groups -OCH3 is 1. The summed E-state index contributed by atoms with van der Waals surface area (Å²) in [6.07, 6.45) is 1.38. The molecule has 5 aromatic rings. The SMILES string of the molecule is COc1cccc(-c2cccc3cc([C@H](C)Nc4nc(N)ncc4C#N)n(-c4ccccc4)c(=O)c23)c1. The minimum Gasteiger partial charge on any atom is -0.497 e. The van der Waals surface area contributed by atoms with Gasteiger partial charge in [-0.3, -0.25) is 9.36 Å². The van der Waals surface area contributed by atoms with Crippen molar-refractivity contribution in [3.05, 3.63) is 107 Å². The summed E-state index contributed by atoms with van der Waals surface area (Å²) in [5, 5.41) is 14.2. The summed E-state index contributed by atoms with van der Waals surface area (Å²) in [5.74, 6) is 1.07. The highest BCUT2D eigenvalue weighted by Crippen LogP contribution is 2.31. The van der Waals surface area contributed by atoms with E-state index < -0.39 is 6.04 Å². The number of nitrogens with two attached hydrogens (primary N) is 1. The molecule has 8 heteroatoms. The molecule has 0 aliphatic carbocycles. The lowest BCUT2D eigenvalue weighted by atomic mass is 9.97. The summed E-state index contributed by atoms with van der Waals surface area (Å²) in [5.41, 5.74) is 9.00. The normalized spacial score (nSPS) is 11.6. The molecule has 2 aromatic heterocycles. The van der Waals surface area contributed by atoms with E-state index in [1.54, 1.807) is 11.7 Å². The van der Waals surface area contributed by atoms with Crippen molar-refractivity contribution in [2.24, 2.45) is 0 Å². The number of fused-ring (bicyclic) bond motifs is 1. The van der Waals surface area contributed by atoms with Crippen molar-refractivity contribution in [2.45, 2.75) is 13.0 Å². The van der Waals surface area contributed by atoms with Crippen LogP contribution in [-0.2, 0) is 0 Å². The Labute approximate surface area is 213 Å². The van der Waals surface area contributed by atoms with Crippen LogP contribution in [0.25, 0.3) is 27.6 Å². The molecule has 3 N–H and O–H groups in total. The van der Waals surface area contributed by atoms with Crippen LogP contribution in [0.3, 0.4) is 0 Å². The van der Waals surface area contributed by atoms with E-state index in [2.05, 4.69) is 21.4 Å². The van der Waals surface area contributed by atoms with Gasteiger partial charge < -0.3 is 15.8 Å². The molecule has 5 rings (SSSR count). The Morgan fingerprint density at radius 1 is 1.05 bits per heavy atom. The van der Waals surface area contributed by atoms with Gasteiger partial charge in [-0.05, 0) is 53.8 Å². The molecule has 0 fully saturated rings. The van der Waals surface area contributed by atoms with Crippen LogP contribution in [0.1, 0.15) is 24.2 Å². The van der Waals surface area contributed by atoms with Gasteiger partial charge in [0.2, 0.25) is 5.95 Å². The molecular formula is C29H24N6O2. The average Bonchev–Trinajstić information content (AvgIpc) is 2.93. The van der Waals surface area contributed by atoms with E-state index in [1.165, 1.54) is 6.20 Å². The Morgan fingerprint density at radius 3 is 2.59 bits per heavy atom. The maximum atomic E-state index is 14.2. The first-order valence-electron chi connectivity index (χ1n) is 11.7. The van der Waals surface area contributed by atoms with Crippen LogP contribution in [0.15, 0.2) is 89.9 Å². The molecule has 0 amide bonds. The fourth-order valence-electron chi connectivity index (χ4n) is 4.44. The number of hydrogen-bond acceptors (Lipinski definition) is 7. The van der Waals surface area contributed by atoms with Crippen molar-refractivity contribution < 1.29 is 4.74 Å². The van der Waals surface area contributed by atoms with Crippen LogP contribution in [-0.4, -0.2) is 21.6 Å². The number of rotatable bonds is 6. The van der Waals surface area contributed by atoms with E-state index in [9.17, 15) is 10.1 Å². The Kier molecular flexibility index (Phi) is 6.27. The lowest BCUT2D eigenvalue weighted by Crippen LogP contribution is -2.26. The third-order valence-corrected chi connectivity index (χ3v) is 6.20. The quantitative estimate of drug-likeness (QED) is 0.342. The molecule has 0 bridgehead atoms. The van der Waals surface area contributed by atoms with Crippen LogP contribution in [0.4, 0.5) is 11.8 Å². The van der Waals surface area contributed by atoms with Gasteiger partial charge in [-0.25, -0.2) is 4.98 Å². The van der Waals surface area contributed by atoms with Crippen molar-refractivity contribution in [3.8, 4) is 28.6 Å². The molecule has 37 heavy (non-hydrogen) atoms. The van der Waals surface area contributed by atoms with E-state index in [0.29, 0.717) is 22.6 Å². The summed E-state index contributed by atoms with van der Waals surface area (Å²) < 4.78 is 7.11. The molecule has 8 nitrogen and oxygen atoms in total. The van der Waals surface area contributed by atoms with Gasteiger partial charge in [-0.1, -0.05) is 48.5 Å². The van der Waals surface area contributed by atoms with E-state index in [-0.39, 0.29) is 17.1 Å². The van der Waals surface area contributed by atoms with Gasteiger partial charge in [0.25, 0.3) is 5.56 Å². The molecule has 0 aliphatic heterocycles. The number of para-hydroxylation sites is 1. The standard InChI is InChI=1S/C29H24N6O2/c1-18(33-27-21(16-30)17-32-29(31)34-27)25-15-20-9-7-13-24(19-8-6-12-23(14-19)37-2)26(20)28(36)35(25)22-10-4-3-5-11-22/h3-15,17-18H,1-2H3,(H3,31,32,33,34)/t18-/m0/s1. The zero-order chi connectivity index (χ0) is 25.9. The monoisotopic (exact) mass is 488 g/mol. The first-order valence-corrected chi connectivity index (χ1v) is 11.7. The molecule has 2 heterocycles. The number of nitrogen functional groups attached to an aromatic ring is 1. The summed E-state index contributed by atoms with van der Waals surface area (Å²) in [6.45, 7) is 1.91. The third kappa shape index (κ3) is 4.46. The van der Waals surface area contributed by atoms with Crippen molar-refractivity contribution >= 4 is 22.5 Å². The first kappa shape index (κ1) is 23.6. The van der Waals surface area contributed by atoms with Gasteiger partial charge in [-0.2, -0.15) is 10.2 Å². The Bertz CT molecular complexity index is 1710. The molecule has 3 aromatic carbocycles. The second-order valence-electron chi connectivity index (χ2n) is 8.52. The van der Waals surface area contributed by atoms with Gasteiger partial charge in [0, 0.05) is 11.4 Å². The van der Waals surface area contributed by atoms with Gasteiger partial charge in [0.15, 0.2) is 0 Å². The first-order chi connectivity index (χ1) is 18.0. The smallest absolute Gasteiger partial charge is 0.263 e. The molecule has 0 saturated carbocycles. The molecule has 0 unspecified atom stereocenters. The second kappa shape index (κ2) is 9.84. The Morgan fingerprint density at radius 2 is 1.84 bits per heavy atom.